The second-order valence-electron chi connectivity index (χ2n) is 3.61. The highest BCUT2D eigenvalue weighted by molar-refractivity contribution is 6.29. The molecule has 84 valence electrons. The van der Waals surface area contributed by atoms with Crippen molar-refractivity contribution in [2.45, 2.75) is 13.1 Å². The van der Waals surface area contributed by atoms with Crippen LogP contribution in [0.5, 0.6) is 0 Å². The zero-order valence-electron chi connectivity index (χ0n) is 9.02. The van der Waals surface area contributed by atoms with Crippen molar-refractivity contribution in [2.75, 3.05) is 0 Å². The van der Waals surface area contributed by atoms with Crippen LogP contribution in [0.1, 0.15) is 11.1 Å². The third-order valence-corrected chi connectivity index (χ3v) is 2.43. The highest BCUT2D eigenvalue weighted by Crippen LogP contribution is 2.05. The summed E-state index contributed by atoms with van der Waals surface area (Å²) in [5.41, 5.74) is 2.29. The van der Waals surface area contributed by atoms with E-state index in [0.717, 1.165) is 18.7 Å². The zero-order valence-corrected chi connectivity index (χ0v) is 9.78. The molecule has 2 heterocycles. The minimum Gasteiger partial charge on any atom is -0.308 e. The first-order valence-electron chi connectivity index (χ1n) is 5.03. The molecular weight excluding hydrogens is 224 g/mol. The van der Waals surface area contributed by atoms with Crippen LogP contribution < -0.4 is 5.32 Å². The Morgan fingerprint density at radius 2 is 2.06 bits per heavy atom. The molecule has 0 aliphatic carbocycles. The number of nitrogens with zero attached hydrogens (tertiary/aromatic N) is 3. The third kappa shape index (κ3) is 3.05. The lowest BCUT2D eigenvalue weighted by atomic mass is 10.3. The largest absolute Gasteiger partial charge is 0.308 e. The van der Waals surface area contributed by atoms with E-state index in [2.05, 4.69) is 15.4 Å². The topological polar surface area (TPSA) is 42.7 Å². The van der Waals surface area contributed by atoms with Crippen molar-refractivity contribution in [3.05, 3.63) is 47.0 Å². The summed E-state index contributed by atoms with van der Waals surface area (Å²) in [6.07, 6.45) is 5.62. The molecule has 0 spiro atoms. The summed E-state index contributed by atoms with van der Waals surface area (Å²) in [5.74, 6) is 0. The molecule has 4 nitrogen and oxygen atoms in total. The Labute approximate surface area is 99.3 Å². The van der Waals surface area contributed by atoms with E-state index in [4.69, 9.17) is 11.6 Å². The standard InChI is InChI=1S/C11H13ClN4/c1-16-8-10(7-15-16)5-13-4-9-2-3-11(12)14-6-9/h2-3,6-8,13H,4-5H2,1H3. The van der Waals surface area contributed by atoms with E-state index in [1.54, 1.807) is 16.9 Å². The van der Waals surface area contributed by atoms with Crippen molar-refractivity contribution in [1.29, 1.82) is 0 Å². The predicted molar refractivity (Wildman–Crippen MR) is 63.0 cm³/mol. The Morgan fingerprint density at radius 1 is 1.25 bits per heavy atom. The van der Waals surface area contributed by atoms with Crippen LogP contribution in [0.25, 0.3) is 0 Å². The molecule has 2 rings (SSSR count). The van der Waals surface area contributed by atoms with Gasteiger partial charge in [-0.3, -0.25) is 4.68 Å². The van der Waals surface area contributed by atoms with Gasteiger partial charge in [-0.15, -0.1) is 0 Å². The Bertz CT molecular complexity index is 449. The average molecular weight is 237 g/mol. The highest BCUT2D eigenvalue weighted by atomic mass is 35.5. The minimum absolute atomic E-state index is 0.524. The van der Waals surface area contributed by atoms with Crippen molar-refractivity contribution < 1.29 is 0 Å². The van der Waals surface area contributed by atoms with Gasteiger partial charge in [0.2, 0.25) is 0 Å². The molecule has 2 aromatic rings. The number of aryl methyl sites for hydroxylation is 1. The van der Waals surface area contributed by atoms with Crippen LogP contribution in [-0.2, 0) is 20.1 Å². The fourth-order valence-corrected chi connectivity index (χ4v) is 1.54. The first kappa shape index (κ1) is 11.1. The van der Waals surface area contributed by atoms with Gasteiger partial charge in [-0.05, 0) is 11.6 Å². The quantitative estimate of drug-likeness (QED) is 0.823. The molecule has 0 radical (unpaired) electrons. The molecule has 0 unspecified atom stereocenters. The van der Waals surface area contributed by atoms with Gasteiger partial charge in [0.15, 0.2) is 0 Å². The lowest BCUT2D eigenvalue weighted by Gasteiger charge is -2.02. The van der Waals surface area contributed by atoms with Gasteiger partial charge in [0, 0.05) is 38.1 Å². The highest BCUT2D eigenvalue weighted by Gasteiger charge is 1.97. The van der Waals surface area contributed by atoms with E-state index in [9.17, 15) is 0 Å². The summed E-state index contributed by atoms with van der Waals surface area (Å²) in [4.78, 5) is 4.02. The van der Waals surface area contributed by atoms with Crippen LogP contribution in [0.2, 0.25) is 5.15 Å². The Hall–Kier alpha value is -1.39. The molecule has 0 bridgehead atoms. The molecule has 0 aromatic carbocycles. The van der Waals surface area contributed by atoms with Gasteiger partial charge >= 0.3 is 0 Å². The average Bonchev–Trinajstić information content (AvgIpc) is 2.67. The maximum Gasteiger partial charge on any atom is 0.129 e. The summed E-state index contributed by atoms with van der Waals surface area (Å²) < 4.78 is 1.79. The van der Waals surface area contributed by atoms with Gasteiger partial charge in [-0.25, -0.2) is 4.98 Å². The Balaban J connectivity index is 1.82. The van der Waals surface area contributed by atoms with Crippen LogP contribution >= 0.6 is 11.6 Å². The first-order chi connectivity index (χ1) is 7.74. The van der Waals surface area contributed by atoms with Crippen molar-refractivity contribution in [3.63, 3.8) is 0 Å². The number of rotatable bonds is 4. The van der Waals surface area contributed by atoms with E-state index in [0.29, 0.717) is 5.15 Å². The van der Waals surface area contributed by atoms with Crippen LogP contribution in [0.4, 0.5) is 0 Å². The smallest absolute Gasteiger partial charge is 0.129 e. The van der Waals surface area contributed by atoms with E-state index in [1.165, 1.54) is 5.56 Å². The summed E-state index contributed by atoms with van der Waals surface area (Å²) in [5, 5.41) is 7.94. The Kier molecular flexibility index (Phi) is 3.54. The fraction of sp³-hybridized carbons (Fsp3) is 0.273. The van der Waals surface area contributed by atoms with E-state index in [1.807, 2.05) is 25.5 Å². The second kappa shape index (κ2) is 5.09. The van der Waals surface area contributed by atoms with Gasteiger partial charge in [-0.2, -0.15) is 5.10 Å². The van der Waals surface area contributed by atoms with Crippen LogP contribution in [0.3, 0.4) is 0 Å². The van der Waals surface area contributed by atoms with Crippen molar-refractivity contribution in [1.82, 2.24) is 20.1 Å². The predicted octanol–water partition coefficient (Wildman–Crippen LogP) is 1.76. The number of halogens is 1. The number of aromatic nitrogens is 3. The van der Waals surface area contributed by atoms with E-state index < -0.39 is 0 Å². The normalized spacial score (nSPS) is 10.6. The first-order valence-corrected chi connectivity index (χ1v) is 5.40. The number of hydrogen-bond acceptors (Lipinski definition) is 3. The molecule has 0 aliphatic rings. The van der Waals surface area contributed by atoms with Crippen LogP contribution in [0.15, 0.2) is 30.7 Å². The molecular formula is C11H13ClN4. The summed E-state index contributed by atoms with van der Waals surface area (Å²) in [6, 6.07) is 3.76. The van der Waals surface area contributed by atoms with Gasteiger partial charge in [-0.1, -0.05) is 17.7 Å². The van der Waals surface area contributed by atoms with Gasteiger partial charge in [0.1, 0.15) is 5.15 Å². The van der Waals surface area contributed by atoms with Crippen molar-refractivity contribution in [3.8, 4) is 0 Å². The molecule has 0 atom stereocenters. The summed E-state index contributed by atoms with van der Waals surface area (Å²) in [7, 11) is 1.91. The van der Waals surface area contributed by atoms with Crippen molar-refractivity contribution in [2.24, 2.45) is 7.05 Å². The van der Waals surface area contributed by atoms with E-state index in [-0.39, 0.29) is 0 Å². The molecule has 0 amide bonds. The lowest BCUT2D eigenvalue weighted by molar-refractivity contribution is 0.690. The van der Waals surface area contributed by atoms with Gasteiger partial charge in [0.25, 0.3) is 0 Å². The minimum atomic E-state index is 0.524. The maximum atomic E-state index is 5.70. The molecule has 16 heavy (non-hydrogen) atoms. The molecule has 1 N–H and O–H groups in total. The molecule has 0 saturated carbocycles. The third-order valence-electron chi connectivity index (χ3n) is 2.21. The lowest BCUT2D eigenvalue weighted by Crippen LogP contribution is -2.12. The number of hydrogen-bond donors (Lipinski definition) is 1. The summed E-state index contributed by atoms with van der Waals surface area (Å²) in [6.45, 7) is 1.58. The van der Waals surface area contributed by atoms with Gasteiger partial charge in [0.05, 0.1) is 6.20 Å². The van der Waals surface area contributed by atoms with Gasteiger partial charge < -0.3 is 5.32 Å². The summed E-state index contributed by atoms with van der Waals surface area (Å²) >= 11 is 5.70. The van der Waals surface area contributed by atoms with Crippen LogP contribution in [0, 0.1) is 0 Å². The molecule has 0 aliphatic heterocycles. The molecule has 0 fully saturated rings. The monoisotopic (exact) mass is 236 g/mol. The zero-order chi connectivity index (χ0) is 11.4. The molecule has 0 saturated heterocycles. The fourth-order valence-electron chi connectivity index (χ4n) is 1.43. The molecule has 5 heteroatoms. The second-order valence-corrected chi connectivity index (χ2v) is 4.00. The van der Waals surface area contributed by atoms with Crippen LogP contribution in [-0.4, -0.2) is 14.8 Å². The maximum absolute atomic E-state index is 5.70. The Morgan fingerprint density at radius 3 is 2.69 bits per heavy atom. The van der Waals surface area contributed by atoms with Crippen molar-refractivity contribution >= 4 is 11.6 Å². The number of pyridine rings is 1. The van der Waals surface area contributed by atoms with E-state index >= 15 is 0 Å². The number of nitrogens with one attached hydrogen (secondary N) is 1. The SMILES string of the molecule is Cn1cc(CNCc2ccc(Cl)nc2)cn1. The molecule has 2 aromatic heterocycles.